The van der Waals surface area contributed by atoms with Gasteiger partial charge in [-0.2, -0.15) is 0 Å². The molecule has 1 aliphatic carbocycles. The molecule has 1 atom stereocenters. The number of nitrogens with one attached hydrogen (secondary N) is 2. The average Bonchev–Trinajstić information content (AvgIpc) is 3.34. The Bertz CT molecular complexity index is 722. The van der Waals surface area contributed by atoms with Crippen LogP contribution in [0.1, 0.15) is 23.2 Å². The molecule has 1 fully saturated rings. The van der Waals surface area contributed by atoms with Gasteiger partial charge in [-0.3, -0.25) is 9.52 Å². The molecule has 8 nitrogen and oxygen atoms in total. The van der Waals surface area contributed by atoms with Gasteiger partial charge in [0.15, 0.2) is 11.5 Å². The van der Waals surface area contributed by atoms with Crippen LogP contribution in [0.4, 0.5) is 5.69 Å². The molecule has 25 heavy (non-hydrogen) atoms. The quantitative estimate of drug-likeness (QED) is 0.605. The van der Waals surface area contributed by atoms with Crippen LogP contribution in [0, 0.1) is 5.92 Å². The number of methoxy groups -OCH3 is 2. The zero-order valence-corrected chi connectivity index (χ0v) is 16.0. The molecule has 1 amide bonds. The van der Waals surface area contributed by atoms with Gasteiger partial charge in [0.25, 0.3) is 5.91 Å². The van der Waals surface area contributed by atoms with Gasteiger partial charge in [-0.25, -0.2) is 8.42 Å². The van der Waals surface area contributed by atoms with Crippen molar-refractivity contribution in [1.82, 2.24) is 5.32 Å². The number of sulfonamides is 1. The summed E-state index contributed by atoms with van der Waals surface area (Å²) in [7, 11) is -0.741. The molecule has 0 heterocycles. The number of anilines is 1. The Kier molecular flexibility index (Phi) is 7.33. The third kappa shape index (κ3) is 5.65. The molecule has 10 heteroatoms. The first-order chi connectivity index (χ1) is 11.3. The number of nitrogens with two attached hydrogens (primary N) is 1. The number of hydrogen-bond donors (Lipinski definition) is 3. The van der Waals surface area contributed by atoms with Gasteiger partial charge in [0.1, 0.15) is 0 Å². The number of halogens is 1. The van der Waals surface area contributed by atoms with E-state index in [1.165, 1.54) is 26.4 Å². The van der Waals surface area contributed by atoms with E-state index >= 15 is 0 Å². The lowest BCUT2D eigenvalue weighted by atomic mass is 10.1. The first-order valence-electron chi connectivity index (χ1n) is 7.53. The summed E-state index contributed by atoms with van der Waals surface area (Å²) < 4.78 is 35.8. The normalized spacial score (nSPS) is 14.9. The number of benzene rings is 1. The van der Waals surface area contributed by atoms with Gasteiger partial charge in [0.2, 0.25) is 10.0 Å². The lowest BCUT2D eigenvalue weighted by Crippen LogP contribution is -2.41. The fourth-order valence-electron chi connectivity index (χ4n) is 2.49. The molecule has 0 saturated heterocycles. The maximum atomic E-state index is 12.5. The largest absolute Gasteiger partial charge is 0.493 e. The zero-order valence-electron chi connectivity index (χ0n) is 14.4. The second-order valence-corrected chi connectivity index (χ2v) is 7.54. The van der Waals surface area contributed by atoms with Gasteiger partial charge in [0.05, 0.1) is 26.2 Å². The minimum absolute atomic E-state index is 0. The monoisotopic (exact) mass is 393 g/mol. The molecule has 0 spiro atoms. The average molecular weight is 394 g/mol. The molecule has 0 aromatic heterocycles. The van der Waals surface area contributed by atoms with Gasteiger partial charge < -0.3 is 20.5 Å². The lowest BCUT2D eigenvalue weighted by Gasteiger charge is -2.18. The van der Waals surface area contributed by atoms with Gasteiger partial charge in [-0.15, -0.1) is 12.4 Å². The van der Waals surface area contributed by atoms with E-state index in [0.29, 0.717) is 12.5 Å². The van der Waals surface area contributed by atoms with Crippen molar-refractivity contribution >= 4 is 34.0 Å². The van der Waals surface area contributed by atoms with Crippen molar-refractivity contribution in [2.75, 3.05) is 31.7 Å². The molecular formula is C15H24ClN3O5S. The Labute approximate surface area is 153 Å². The SMILES string of the molecule is COc1cc(C(=O)NC(CN)C2CC2)cc(NS(C)(=O)=O)c1OC.Cl. The molecule has 1 aliphatic rings. The topological polar surface area (TPSA) is 120 Å². The molecule has 142 valence electrons. The van der Waals surface area contributed by atoms with E-state index in [4.69, 9.17) is 15.2 Å². The summed E-state index contributed by atoms with van der Waals surface area (Å²) in [6.45, 7) is 0.359. The minimum Gasteiger partial charge on any atom is -0.493 e. The Morgan fingerprint density at radius 2 is 1.96 bits per heavy atom. The number of carbonyl (C=O) groups is 1. The molecule has 0 bridgehead atoms. The number of ether oxygens (including phenoxy) is 2. The molecule has 0 aliphatic heterocycles. The molecule has 1 saturated carbocycles. The lowest BCUT2D eigenvalue weighted by molar-refractivity contribution is 0.0933. The summed E-state index contributed by atoms with van der Waals surface area (Å²) in [4.78, 5) is 12.5. The summed E-state index contributed by atoms with van der Waals surface area (Å²) in [6.07, 6.45) is 3.12. The maximum Gasteiger partial charge on any atom is 0.251 e. The van der Waals surface area contributed by atoms with Crippen LogP contribution in [-0.4, -0.2) is 47.4 Å². The molecule has 0 radical (unpaired) electrons. The number of amides is 1. The smallest absolute Gasteiger partial charge is 0.251 e. The highest BCUT2D eigenvalue weighted by Crippen LogP contribution is 2.37. The Hall–Kier alpha value is -1.71. The van der Waals surface area contributed by atoms with E-state index in [1.54, 1.807) is 0 Å². The van der Waals surface area contributed by atoms with Gasteiger partial charge >= 0.3 is 0 Å². The van der Waals surface area contributed by atoms with Gasteiger partial charge in [-0.1, -0.05) is 0 Å². The summed E-state index contributed by atoms with van der Waals surface area (Å²) in [6, 6.07) is 2.83. The van der Waals surface area contributed by atoms with E-state index < -0.39 is 10.0 Å². The van der Waals surface area contributed by atoms with Crippen LogP contribution in [0.15, 0.2) is 12.1 Å². The van der Waals surface area contributed by atoms with Crippen LogP contribution in [0.3, 0.4) is 0 Å². The minimum atomic E-state index is -3.55. The van der Waals surface area contributed by atoms with Crippen molar-refractivity contribution in [3.8, 4) is 11.5 Å². The molecular weight excluding hydrogens is 370 g/mol. The fraction of sp³-hybridized carbons (Fsp3) is 0.533. The molecule has 2 rings (SSSR count). The Morgan fingerprint density at radius 1 is 1.32 bits per heavy atom. The predicted octanol–water partition coefficient (Wildman–Crippen LogP) is 0.964. The van der Waals surface area contributed by atoms with Crippen molar-refractivity contribution < 1.29 is 22.7 Å². The van der Waals surface area contributed by atoms with Crippen molar-refractivity contribution in [1.29, 1.82) is 0 Å². The van der Waals surface area contributed by atoms with E-state index in [9.17, 15) is 13.2 Å². The van der Waals surface area contributed by atoms with Crippen molar-refractivity contribution in [3.63, 3.8) is 0 Å². The summed E-state index contributed by atoms with van der Waals surface area (Å²) in [5.74, 6) is 0.534. The van der Waals surface area contributed by atoms with Crippen LogP contribution >= 0.6 is 12.4 Å². The van der Waals surface area contributed by atoms with E-state index in [0.717, 1.165) is 19.1 Å². The molecule has 1 aromatic rings. The van der Waals surface area contributed by atoms with Crippen molar-refractivity contribution in [2.45, 2.75) is 18.9 Å². The number of rotatable bonds is 8. The standard InChI is InChI=1S/C15H23N3O5S.ClH/c1-22-13-7-10(15(19)17-12(8-16)9-4-5-9)6-11(14(13)23-2)18-24(3,20)21;/h6-7,9,12,18H,4-5,8,16H2,1-3H3,(H,17,19);1H. The molecule has 1 aromatic carbocycles. The number of carbonyl (C=O) groups excluding carboxylic acids is 1. The summed E-state index contributed by atoms with van der Waals surface area (Å²) in [5, 5.41) is 2.89. The van der Waals surface area contributed by atoms with Crippen LogP contribution in [-0.2, 0) is 10.0 Å². The van der Waals surface area contributed by atoms with E-state index in [1.807, 2.05) is 0 Å². The molecule has 1 unspecified atom stereocenters. The van der Waals surface area contributed by atoms with Crippen molar-refractivity contribution in [2.24, 2.45) is 11.7 Å². The number of hydrogen-bond acceptors (Lipinski definition) is 6. The van der Waals surface area contributed by atoms with Crippen LogP contribution < -0.4 is 25.2 Å². The van der Waals surface area contributed by atoms with Crippen molar-refractivity contribution in [3.05, 3.63) is 17.7 Å². The second kappa shape index (κ2) is 8.59. The summed E-state index contributed by atoms with van der Waals surface area (Å²) >= 11 is 0. The van der Waals surface area contributed by atoms with E-state index in [-0.39, 0.29) is 47.1 Å². The highest BCUT2D eigenvalue weighted by Gasteiger charge is 2.31. The van der Waals surface area contributed by atoms with Crippen LogP contribution in [0.5, 0.6) is 11.5 Å². The van der Waals surface area contributed by atoms with E-state index in [2.05, 4.69) is 10.0 Å². The predicted molar refractivity (Wildman–Crippen MR) is 98.3 cm³/mol. The van der Waals surface area contributed by atoms with Crippen LogP contribution in [0.2, 0.25) is 0 Å². The van der Waals surface area contributed by atoms with Crippen LogP contribution in [0.25, 0.3) is 0 Å². The Morgan fingerprint density at radius 3 is 2.40 bits per heavy atom. The maximum absolute atomic E-state index is 12.5. The van der Waals surface area contributed by atoms with Gasteiger partial charge in [0, 0.05) is 18.2 Å². The molecule has 4 N–H and O–H groups in total. The first kappa shape index (κ1) is 21.3. The Balaban J connectivity index is 0.00000312. The second-order valence-electron chi connectivity index (χ2n) is 5.79. The third-order valence-corrected chi connectivity index (χ3v) is 4.39. The zero-order chi connectivity index (χ0) is 17.9. The van der Waals surface area contributed by atoms with Gasteiger partial charge in [-0.05, 0) is 30.9 Å². The highest BCUT2D eigenvalue weighted by atomic mass is 35.5. The first-order valence-corrected chi connectivity index (χ1v) is 9.43. The summed E-state index contributed by atoms with van der Waals surface area (Å²) in [5.41, 5.74) is 6.10. The fourth-order valence-corrected chi connectivity index (χ4v) is 3.04. The highest BCUT2D eigenvalue weighted by molar-refractivity contribution is 7.92. The third-order valence-electron chi connectivity index (χ3n) is 3.80.